The lowest BCUT2D eigenvalue weighted by Gasteiger charge is -2.35. The zero-order valence-corrected chi connectivity index (χ0v) is 12.4. The summed E-state index contributed by atoms with van der Waals surface area (Å²) in [6.07, 6.45) is 5.27. The third-order valence-electron chi connectivity index (χ3n) is 4.03. The molecule has 0 atom stereocenters. The Morgan fingerprint density at radius 2 is 2.00 bits per heavy atom. The lowest BCUT2D eigenvalue weighted by Crippen LogP contribution is -2.40. The second-order valence-corrected chi connectivity index (χ2v) is 5.61. The van der Waals surface area contributed by atoms with Gasteiger partial charge in [0.1, 0.15) is 6.33 Å². The molecule has 1 saturated carbocycles. The van der Waals surface area contributed by atoms with Gasteiger partial charge in [-0.15, -0.1) is 0 Å². The fourth-order valence-electron chi connectivity index (χ4n) is 2.60. The zero-order chi connectivity index (χ0) is 14.6. The maximum atomic E-state index is 10.6. The Hall–Kier alpha value is -1.56. The lowest BCUT2D eigenvalue weighted by atomic mass is 9.79. The summed E-state index contributed by atoms with van der Waals surface area (Å²) in [7, 11) is 3.37. The van der Waals surface area contributed by atoms with Crippen molar-refractivity contribution in [2.75, 3.05) is 31.3 Å². The standard InChI is InChI=1S/C14H24N4O2/c1-10-4-6-14(19,7-5-10)8-16-13-11(20-3)12(15-2)17-9-18-13/h9-10,19H,4-8H2,1-3H3,(H2,15,16,17,18). The Morgan fingerprint density at radius 1 is 1.35 bits per heavy atom. The Labute approximate surface area is 120 Å². The summed E-state index contributed by atoms with van der Waals surface area (Å²) < 4.78 is 5.33. The normalized spacial score (nSPS) is 26.1. The number of aromatic nitrogens is 2. The van der Waals surface area contributed by atoms with Crippen LogP contribution in [0.4, 0.5) is 11.6 Å². The monoisotopic (exact) mass is 280 g/mol. The Morgan fingerprint density at radius 3 is 2.60 bits per heavy atom. The highest BCUT2D eigenvalue weighted by molar-refractivity contribution is 5.63. The zero-order valence-electron chi connectivity index (χ0n) is 12.4. The molecule has 112 valence electrons. The van der Waals surface area contributed by atoms with E-state index in [1.54, 1.807) is 14.2 Å². The molecule has 0 spiro atoms. The molecule has 3 N–H and O–H groups in total. The summed E-state index contributed by atoms with van der Waals surface area (Å²) in [6, 6.07) is 0. The lowest BCUT2D eigenvalue weighted by molar-refractivity contribution is 0.00491. The molecule has 0 aliphatic heterocycles. The maximum absolute atomic E-state index is 10.6. The Bertz CT molecular complexity index is 445. The number of rotatable bonds is 5. The highest BCUT2D eigenvalue weighted by Gasteiger charge is 2.32. The van der Waals surface area contributed by atoms with Gasteiger partial charge in [-0.05, 0) is 31.6 Å². The fourth-order valence-corrected chi connectivity index (χ4v) is 2.60. The molecule has 1 fully saturated rings. The van der Waals surface area contributed by atoms with Crippen molar-refractivity contribution in [2.45, 2.75) is 38.2 Å². The van der Waals surface area contributed by atoms with Crippen molar-refractivity contribution in [2.24, 2.45) is 5.92 Å². The summed E-state index contributed by atoms with van der Waals surface area (Å²) in [5.41, 5.74) is -0.651. The van der Waals surface area contributed by atoms with E-state index >= 15 is 0 Å². The minimum absolute atomic E-state index is 0.482. The second-order valence-electron chi connectivity index (χ2n) is 5.61. The van der Waals surface area contributed by atoms with Crippen molar-refractivity contribution in [3.63, 3.8) is 0 Å². The number of nitrogens with zero attached hydrogens (tertiary/aromatic N) is 2. The van der Waals surface area contributed by atoms with Crippen molar-refractivity contribution in [3.05, 3.63) is 6.33 Å². The molecule has 6 nitrogen and oxygen atoms in total. The molecular weight excluding hydrogens is 256 g/mol. The van der Waals surface area contributed by atoms with Crippen molar-refractivity contribution in [3.8, 4) is 5.75 Å². The molecule has 0 saturated heterocycles. The van der Waals surface area contributed by atoms with Crippen LogP contribution in [0, 0.1) is 5.92 Å². The first-order valence-electron chi connectivity index (χ1n) is 7.11. The van der Waals surface area contributed by atoms with Crippen molar-refractivity contribution >= 4 is 11.6 Å². The van der Waals surface area contributed by atoms with Gasteiger partial charge in [-0.2, -0.15) is 0 Å². The summed E-state index contributed by atoms with van der Waals surface area (Å²) in [6.45, 7) is 2.72. The first-order valence-corrected chi connectivity index (χ1v) is 7.11. The summed E-state index contributed by atoms with van der Waals surface area (Å²) in [5, 5.41) is 16.7. The molecule has 0 amide bonds. The van der Waals surface area contributed by atoms with Crippen LogP contribution in [0.1, 0.15) is 32.6 Å². The van der Waals surface area contributed by atoms with E-state index in [-0.39, 0.29) is 0 Å². The van der Waals surface area contributed by atoms with Crippen LogP contribution in [0.3, 0.4) is 0 Å². The van der Waals surface area contributed by atoms with Gasteiger partial charge in [-0.25, -0.2) is 9.97 Å². The highest BCUT2D eigenvalue weighted by Crippen LogP contribution is 2.33. The van der Waals surface area contributed by atoms with E-state index in [4.69, 9.17) is 4.74 Å². The Kier molecular flexibility index (Phi) is 4.65. The first kappa shape index (κ1) is 14.8. The van der Waals surface area contributed by atoms with Gasteiger partial charge >= 0.3 is 0 Å². The number of hydrogen-bond acceptors (Lipinski definition) is 6. The second kappa shape index (κ2) is 6.26. The number of methoxy groups -OCH3 is 1. The predicted octanol–water partition coefficient (Wildman–Crippen LogP) is 1.88. The third-order valence-corrected chi connectivity index (χ3v) is 4.03. The van der Waals surface area contributed by atoms with Gasteiger partial charge in [0, 0.05) is 13.6 Å². The summed E-state index contributed by atoms with van der Waals surface area (Å²) in [5.74, 6) is 2.52. The van der Waals surface area contributed by atoms with Crippen LogP contribution in [0.2, 0.25) is 0 Å². The number of anilines is 2. The molecule has 1 aromatic rings. The van der Waals surface area contributed by atoms with E-state index in [0.29, 0.717) is 29.8 Å². The molecule has 0 aromatic carbocycles. The molecule has 1 aliphatic carbocycles. The van der Waals surface area contributed by atoms with E-state index < -0.39 is 5.60 Å². The molecule has 6 heteroatoms. The number of aliphatic hydroxyl groups is 1. The SMILES string of the molecule is CNc1ncnc(NCC2(O)CCC(C)CC2)c1OC. The van der Waals surface area contributed by atoms with E-state index in [0.717, 1.165) is 25.7 Å². The molecule has 0 radical (unpaired) electrons. The third kappa shape index (κ3) is 3.30. The molecule has 1 heterocycles. The van der Waals surface area contributed by atoms with Crippen LogP contribution in [-0.2, 0) is 0 Å². The molecule has 1 aliphatic rings. The van der Waals surface area contributed by atoms with Gasteiger partial charge in [0.2, 0.25) is 5.75 Å². The minimum Gasteiger partial charge on any atom is -0.490 e. The molecule has 20 heavy (non-hydrogen) atoms. The fraction of sp³-hybridized carbons (Fsp3) is 0.714. The summed E-state index contributed by atoms with van der Waals surface area (Å²) in [4.78, 5) is 8.29. The van der Waals surface area contributed by atoms with E-state index in [1.807, 2.05) is 0 Å². The highest BCUT2D eigenvalue weighted by atomic mass is 16.5. The quantitative estimate of drug-likeness (QED) is 0.764. The van der Waals surface area contributed by atoms with E-state index in [1.165, 1.54) is 6.33 Å². The number of hydrogen-bond donors (Lipinski definition) is 3. The minimum atomic E-state index is -0.651. The molecule has 2 rings (SSSR count). The number of ether oxygens (including phenoxy) is 1. The largest absolute Gasteiger partial charge is 0.490 e. The smallest absolute Gasteiger partial charge is 0.204 e. The molecule has 0 unspecified atom stereocenters. The average Bonchev–Trinajstić information content (AvgIpc) is 2.48. The summed E-state index contributed by atoms with van der Waals surface area (Å²) >= 11 is 0. The van der Waals surface area contributed by atoms with Gasteiger partial charge in [-0.1, -0.05) is 6.92 Å². The van der Waals surface area contributed by atoms with Gasteiger partial charge < -0.3 is 20.5 Å². The molecule has 0 bridgehead atoms. The van der Waals surface area contributed by atoms with Crippen LogP contribution < -0.4 is 15.4 Å². The van der Waals surface area contributed by atoms with Gasteiger partial charge in [-0.3, -0.25) is 0 Å². The molecule has 1 aromatic heterocycles. The van der Waals surface area contributed by atoms with E-state index in [9.17, 15) is 5.11 Å². The average molecular weight is 280 g/mol. The van der Waals surface area contributed by atoms with Crippen molar-refractivity contribution in [1.29, 1.82) is 0 Å². The van der Waals surface area contributed by atoms with Gasteiger partial charge in [0.05, 0.1) is 12.7 Å². The van der Waals surface area contributed by atoms with Crippen LogP contribution in [0.25, 0.3) is 0 Å². The van der Waals surface area contributed by atoms with Gasteiger partial charge in [0.25, 0.3) is 0 Å². The van der Waals surface area contributed by atoms with Crippen molar-refractivity contribution in [1.82, 2.24) is 9.97 Å². The van der Waals surface area contributed by atoms with E-state index in [2.05, 4.69) is 27.5 Å². The maximum Gasteiger partial charge on any atom is 0.204 e. The van der Waals surface area contributed by atoms with Gasteiger partial charge in [0.15, 0.2) is 11.6 Å². The van der Waals surface area contributed by atoms with Crippen LogP contribution in [0.15, 0.2) is 6.33 Å². The molecular formula is C14H24N4O2. The first-order chi connectivity index (χ1) is 9.58. The van der Waals surface area contributed by atoms with Crippen LogP contribution in [0.5, 0.6) is 5.75 Å². The topological polar surface area (TPSA) is 79.3 Å². The number of nitrogens with one attached hydrogen (secondary N) is 2. The van der Waals surface area contributed by atoms with Crippen LogP contribution in [-0.4, -0.2) is 41.4 Å². The Balaban J connectivity index is 2.03. The van der Waals surface area contributed by atoms with Crippen molar-refractivity contribution < 1.29 is 9.84 Å². The van der Waals surface area contributed by atoms with Crippen LogP contribution >= 0.6 is 0 Å². The predicted molar refractivity (Wildman–Crippen MR) is 79.2 cm³/mol.